The molecule has 196 valence electrons. The maximum atomic E-state index is 13.1. The maximum absolute atomic E-state index is 13.1. The highest BCUT2D eigenvalue weighted by atomic mass is 16.5. The van der Waals surface area contributed by atoms with Crippen molar-refractivity contribution < 1.29 is 19.1 Å². The van der Waals surface area contributed by atoms with Gasteiger partial charge in [0, 0.05) is 42.0 Å². The molecular weight excluding hydrogens is 482 g/mol. The minimum Gasteiger partial charge on any atom is -0.410 e. The summed E-state index contributed by atoms with van der Waals surface area (Å²) in [7, 11) is 0. The molecule has 9 heteroatoms. The van der Waals surface area contributed by atoms with Crippen molar-refractivity contribution in [3.63, 3.8) is 0 Å². The van der Waals surface area contributed by atoms with Crippen LogP contribution in [0.4, 0.5) is 10.6 Å². The van der Waals surface area contributed by atoms with Gasteiger partial charge in [0.2, 0.25) is 0 Å². The van der Waals surface area contributed by atoms with E-state index in [1.807, 2.05) is 42.5 Å². The molecular formula is C29H31N5O4. The molecule has 4 N–H and O–H groups in total. The lowest BCUT2D eigenvalue weighted by Gasteiger charge is -2.40. The van der Waals surface area contributed by atoms with Crippen LogP contribution in [0.15, 0.2) is 66.9 Å². The van der Waals surface area contributed by atoms with Crippen molar-refractivity contribution in [1.82, 2.24) is 15.6 Å². The Bertz CT molecular complexity index is 1310. The predicted molar refractivity (Wildman–Crippen MR) is 143 cm³/mol. The number of carbonyl (C=O) groups excluding carboxylic acids is 3. The standard InChI is InChI=1S/C29H31N5O4/c1-18-24(8-5-9-25(18)38-29(30)37)28(36)33-21-14-22-11-12-23(15-21)34(22)26-13-10-20(17-31-26)27(35)32-16-19-6-3-2-4-7-19/h2-10,13,17,21-23H,11-12,14-16H2,1H3,(H2,30,37)(H,32,35)(H,33,36). The number of carbonyl (C=O) groups is 3. The van der Waals surface area contributed by atoms with Crippen LogP contribution in [-0.4, -0.2) is 41.0 Å². The number of hydrogen-bond acceptors (Lipinski definition) is 6. The van der Waals surface area contributed by atoms with Gasteiger partial charge in [-0.1, -0.05) is 36.4 Å². The zero-order valence-corrected chi connectivity index (χ0v) is 21.2. The zero-order chi connectivity index (χ0) is 26.6. The highest BCUT2D eigenvalue weighted by Crippen LogP contribution is 2.38. The van der Waals surface area contributed by atoms with Crippen molar-refractivity contribution >= 4 is 23.7 Å². The molecule has 2 aliphatic heterocycles. The van der Waals surface area contributed by atoms with Gasteiger partial charge in [0.1, 0.15) is 11.6 Å². The van der Waals surface area contributed by atoms with Gasteiger partial charge in [0.05, 0.1) is 5.56 Å². The number of pyridine rings is 1. The van der Waals surface area contributed by atoms with Crippen LogP contribution >= 0.6 is 0 Å². The molecule has 1 aromatic heterocycles. The summed E-state index contributed by atoms with van der Waals surface area (Å²) in [5.41, 5.74) is 7.73. The Morgan fingerprint density at radius 1 is 0.974 bits per heavy atom. The fraction of sp³-hybridized carbons (Fsp3) is 0.310. The molecule has 2 bridgehead atoms. The van der Waals surface area contributed by atoms with Gasteiger partial charge < -0.3 is 26.0 Å². The first-order valence-electron chi connectivity index (χ1n) is 12.8. The molecule has 2 aliphatic rings. The van der Waals surface area contributed by atoms with Crippen molar-refractivity contribution in [3.05, 3.63) is 89.1 Å². The van der Waals surface area contributed by atoms with E-state index in [9.17, 15) is 14.4 Å². The summed E-state index contributed by atoms with van der Waals surface area (Å²) in [5.74, 6) is 0.787. The van der Waals surface area contributed by atoms with E-state index in [0.29, 0.717) is 23.2 Å². The van der Waals surface area contributed by atoms with Crippen molar-refractivity contribution in [3.8, 4) is 5.75 Å². The molecule has 3 heterocycles. The van der Waals surface area contributed by atoms with Gasteiger partial charge in [-0.25, -0.2) is 9.78 Å². The van der Waals surface area contributed by atoms with E-state index >= 15 is 0 Å². The van der Waals surface area contributed by atoms with Crippen LogP contribution in [-0.2, 0) is 6.54 Å². The molecule has 3 amide bonds. The van der Waals surface area contributed by atoms with E-state index in [1.165, 1.54) is 0 Å². The number of nitrogens with one attached hydrogen (secondary N) is 2. The van der Waals surface area contributed by atoms with E-state index in [4.69, 9.17) is 10.5 Å². The molecule has 3 aromatic rings. The second-order valence-corrected chi connectivity index (χ2v) is 9.86. The molecule has 38 heavy (non-hydrogen) atoms. The lowest BCUT2D eigenvalue weighted by atomic mass is 9.96. The van der Waals surface area contributed by atoms with E-state index in [-0.39, 0.29) is 35.7 Å². The summed E-state index contributed by atoms with van der Waals surface area (Å²) >= 11 is 0. The monoisotopic (exact) mass is 513 g/mol. The molecule has 2 saturated heterocycles. The molecule has 0 saturated carbocycles. The summed E-state index contributed by atoms with van der Waals surface area (Å²) in [6, 6.07) is 19.1. The molecule has 2 aromatic carbocycles. The van der Waals surface area contributed by atoms with Crippen molar-refractivity contribution in [2.45, 2.75) is 57.3 Å². The van der Waals surface area contributed by atoms with E-state index in [2.05, 4.69) is 20.5 Å². The lowest BCUT2D eigenvalue weighted by Crippen LogP contribution is -2.50. The molecule has 2 unspecified atom stereocenters. The minimum absolute atomic E-state index is 0.0272. The van der Waals surface area contributed by atoms with Gasteiger partial charge in [-0.05, 0) is 62.4 Å². The first-order chi connectivity index (χ1) is 18.4. The number of nitrogens with two attached hydrogens (primary N) is 1. The first kappa shape index (κ1) is 25.3. The summed E-state index contributed by atoms with van der Waals surface area (Å²) in [6.07, 6.45) is 4.38. The minimum atomic E-state index is -0.913. The van der Waals surface area contributed by atoms with Crippen LogP contribution in [0.25, 0.3) is 0 Å². The van der Waals surface area contributed by atoms with Crippen LogP contribution in [0, 0.1) is 6.92 Å². The second-order valence-electron chi connectivity index (χ2n) is 9.86. The Balaban J connectivity index is 1.20. The Morgan fingerprint density at radius 2 is 1.71 bits per heavy atom. The Labute approximate surface area is 221 Å². The van der Waals surface area contributed by atoms with Crippen LogP contribution in [0.1, 0.15) is 57.5 Å². The normalized spacial score (nSPS) is 20.0. The second kappa shape index (κ2) is 10.9. The van der Waals surface area contributed by atoms with Crippen LogP contribution < -0.4 is 26.0 Å². The highest BCUT2D eigenvalue weighted by molar-refractivity contribution is 5.96. The number of nitrogens with zero attached hydrogens (tertiary/aromatic N) is 2. The van der Waals surface area contributed by atoms with E-state index in [0.717, 1.165) is 37.1 Å². The zero-order valence-electron chi connectivity index (χ0n) is 21.2. The fourth-order valence-electron chi connectivity index (χ4n) is 5.56. The van der Waals surface area contributed by atoms with Crippen LogP contribution in [0.5, 0.6) is 5.75 Å². The summed E-state index contributed by atoms with van der Waals surface area (Å²) < 4.78 is 5.01. The Morgan fingerprint density at radius 3 is 2.37 bits per heavy atom. The molecule has 5 rings (SSSR count). The number of hydrogen-bond donors (Lipinski definition) is 3. The number of piperidine rings is 1. The number of rotatable bonds is 7. The van der Waals surface area contributed by atoms with Gasteiger partial charge in [-0.2, -0.15) is 0 Å². The van der Waals surface area contributed by atoms with Gasteiger partial charge in [0.25, 0.3) is 11.8 Å². The van der Waals surface area contributed by atoms with Crippen molar-refractivity contribution in [2.75, 3.05) is 4.90 Å². The lowest BCUT2D eigenvalue weighted by molar-refractivity contribution is 0.0923. The number of benzene rings is 2. The number of primary amides is 1. The van der Waals surface area contributed by atoms with E-state index < -0.39 is 6.09 Å². The SMILES string of the molecule is Cc1c(OC(N)=O)cccc1C(=O)NC1CC2CCC(C1)N2c1ccc(C(=O)NCc2ccccc2)cn1. The third-order valence-corrected chi connectivity index (χ3v) is 7.38. The average Bonchev–Trinajstić information content (AvgIpc) is 3.18. The van der Waals surface area contributed by atoms with E-state index in [1.54, 1.807) is 31.3 Å². The molecule has 2 fully saturated rings. The third kappa shape index (κ3) is 5.46. The molecule has 9 nitrogen and oxygen atoms in total. The number of amides is 3. The van der Waals surface area contributed by atoms with Crippen molar-refractivity contribution in [2.24, 2.45) is 5.73 Å². The van der Waals surface area contributed by atoms with Crippen LogP contribution in [0.3, 0.4) is 0 Å². The van der Waals surface area contributed by atoms with Gasteiger partial charge in [-0.3, -0.25) is 9.59 Å². The predicted octanol–water partition coefficient (Wildman–Crippen LogP) is 3.71. The Kier molecular flexibility index (Phi) is 7.26. The molecule has 2 atom stereocenters. The number of anilines is 1. The summed E-state index contributed by atoms with van der Waals surface area (Å²) in [5, 5.41) is 6.10. The molecule has 0 aliphatic carbocycles. The summed E-state index contributed by atoms with van der Waals surface area (Å²) in [4.78, 5) is 43.7. The third-order valence-electron chi connectivity index (χ3n) is 7.38. The van der Waals surface area contributed by atoms with Crippen LogP contribution in [0.2, 0.25) is 0 Å². The van der Waals surface area contributed by atoms with Gasteiger partial charge in [0.15, 0.2) is 0 Å². The summed E-state index contributed by atoms with van der Waals surface area (Å²) in [6.45, 7) is 2.20. The Hall–Kier alpha value is -4.40. The van der Waals surface area contributed by atoms with Gasteiger partial charge in [-0.15, -0.1) is 0 Å². The van der Waals surface area contributed by atoms with Crippen molar-refractivity contribution in [1.29, 1.82) is 0 Å². The first-order valence-corrected chi connectivity index (χ1v) is 12.8. The average molecular weight is 514 g/mol. The largest absolute Gasteiger partial charge is 0.410 e. The topological polar surface area (TPSA) is 127 Å². The smallest absolute Gasteiger partial charge is 0.409 e. The maximum Gasteiger partial charge on any atom is 0.409 e. The quantitative estimate of drug-likeness (QED) is 0.442. The number of ether oxygens (including phenoxy) is 1. The molecule has 0 radical (unpaired) electrons. The number of aromatic nitrogens is 1. The molecule has 0 spiro atoms. The fourth-order valence-corrected chi connectivity index (χ4v) is 5.56. The number of fused-ring (bicyclic) bond motifs is 2. The highest BCUT2D eigenvalue weighted by Gasteiger charge is 2.42. The van der Waals surface area contributed by atoms with Gasteiger partial charge >= 0.3 is 6.09 Å².